The minimum absolute atomic E-state index is 0.350. The van der Waals surface area contributed by atoms with Crippen molar-refractivity contribution in [3.05, 3.63) is 30.0 Å². The van der Waals surface area contributed by atoms with Gasteiger partial charge in [-0.2, -0.15) is 0 Å². The summed E-state index contributed by atoms with van der Waals surface area (Å²) in [4.78, 5) is 17.0. The van der Waals surface area contributed by atoms with E-state index in [2.05, 4.69) is 42.2 Å². The largest absolute Gasteiger partial charge is 0.361 e. The number of urea groups is 1. The zero-order chi connectivity index (χ0) is 17.3. The standard InChI is InChI=1S/C19H28N4O/c1-19(2,3)12-23-8-6-13(7-9-23)16-11-21-17-5-4-14(10-15(16)17)22-18(20)24/h4-5,10-11,13,21H,6-9,12H2,1-3H3,(H3,20,22,24). The third-order valence-electron chi connectivity index (χ3n) is 4.71. The van der Waals surface area contributed by atoms with Crippen molar-refractivity contribution >= 4 is 22.6 Å². The Morgan fingerprint density at radius 2 is 2.04 bits per heavy atom. The zero-order valence-electron chi connectivity index (χ0n) is 14.9. The number of fused-ring (bicyclic) bond motifs is 1. The van der Waals surface area contributed by atoms with Crippen molar-refractivity contribution in [2.45, 2.75) is 39.5 Å². The molecule has 0 radical (unpaired) electrons. The third kappa shape index (κ3) is 3.90. The number of rotatable bonds is 3. The Morgan fingerprint density at radius 1 is 1.33 bits per heavy atom. The number of anilines is 1. The van der Waals surface area contributed by atoms with Crippen LogP contribution < -0.4 is 11.1 Å². The van der Waals surface area contributed by atoms with Crippen molar-refractivity contribution in [2.75, 3.05) is 25.0 Å². The van der Waals surface area contributed by atoms with Crippen molar-refractivity contribution in [2.24, 2.45) is 11.1 Å². The van der Waals surface area contributed by atoms with E-state index < -0.39 is 6.03 Å². The fourth-order valence-corrected chi connectivity index (χ4v) is 3.77. The minimum Gasteiger partial charge on any atom is -0.361 e. The van der Waals surface area contributed by atoms with Crippen LogP contribution in [0.5, 0.6) is 0 Å². The fraction of sp³-hybridized carbons (Fsp3) is 0.526. The Kier molecular flexibility index (Phi) is 4.54. The molecule has 0 atom stereocenters. The van der Waals surface area contributed by atoms with Gasteiger partial charge in [0.05, 0.1) is 0 Å². The number of H-pyrrole nitrogens is 1. The molecule has 3 rings (SSSR count). The molecule has 1 aliphatic rings. The Bertz CT molecular complexity index is 721. The number of nitrogens with one attached hydrogen (secondary N) is 2. The van der Waals surface area contributed by atoms with E-state index in [1.54, 1.807) is 0 Å². The Hall–Kier alpha value is -2.01. The van der Waals surface area contributed by atoms with Crippen LogP contribution in [-0.4, -0.2) is 35.5 Å². The van der Waals surface area contributed by atoms with Crippen molar-refractivity contribution in [3.63, 3.8) is 0 Å². The van der Waals surface area contributed by atoms with Gasteiger partial charge in [0.1, 0.15) is 0 Å². The number of hydrogen-bond donors (Lipinski definition) is 3. The fourth-order valence-electron chi connectivity index (χ4n) is 3.77. The number of benzene rings is 1. The van der Waals surface area contributed by atoms with E-state index >= 15 is 0 Å². The Balaban J connectivity index is 1.74. The van der Waals surface area contributed by atoms with Crippen molar-refractivity contribution < 1.29 is 4.79 Å². The van der Waals surface area contributed by atoms with Crippen LogP contribution in [-0.2, 0) is 0 Å². The van der Waals surface area contributed by atoms with Gasteiger partial charge in [-0.25, -0.2) is 4.79 Å². The van der Waals surface area contributed by atoms with Crippen LogP contribution >= 0.6 is 0 Å². The van der Waals surface area contributed by atoms with Crippen molar-refractivity contribution in [1.82, 2.24) is 9.88 Å². The summed E-state index contributed by atoms with van der Waals surface area (Å²) in [5.74, 6) is 0.568. The number of aromatic nitrogens is 1. The normalized spacial score (nSPS) is 17.3. The molecule has 2 amide bonds. The van der Waals surface area contributed by atoms with Gasteiger partial charge in [0, 0.05) is 29.3 Å². The molecular weight excluding hydrogens is 300 g/mol. The predicted molar refractivity (Wildman–Crippen MR) is 99.4 cm³/mol. The molecule has 1 fully saturated rings. The lowest BCUT2D eigenvalue weighted by Gasteiger charge is -2.36. The first-order valence-electron chi connectivity index (χ1n) is 8.72. The number of aromatic amines is 1. The number of amides is 2. The number of hydrogen-bond acceptors (Lipinski definition) is 2. The monoisotopic (exact) mass is 328 g/mol. The van der Waals surface area contributed by atoms with E-state index in [-0.39, 0.29) is 0 Å². The molecule has 1 aromatic heterocycles. The number of nitrogens with zero attached hydrogens (tertiary/aromatic N) is 1. The van der Waals surface area contributed by atoms with E-state index in [1.807, 2.05) is 18.2 Å². The van der Waals surface area contributed by atoms with Gasteiger partial charge in [-0.3, -0.25) is 0 Å². The van der Waals surface area contributed by atoms with E-state index in [9.17, 15) is 4.79 Å². The lowest BCUT2D eigenvalue weighted by atomic mass is 9.87. The molecule has 0 saturated carbocycles. The van der Waals surface area contributed by atoms with Gasteiger partial charge in [-0.15, -0.1) is 0 Å². The van der Waals surface area contributed by atoms with E-state index in [1.165, 1.54) is 23.8 Å². The zero-order valence-corrected chi connectivity index (χ0v) is 14.9. The highest BCUT2D eigenvalue weighted by atomic mass is 16.2. The molecule has 1 aliphatic heterocycles. The molecule has 5 heteroatoms. The molecule has 2 heterocycles. The SMILES string of the molecule is CC(C)(C)CN1CCC(c2c[nH]c3ccc(NC(N)=O)cc23)CC1. The molecular formula is C19H28N4O. The highest BCUT2D eigenvalue weighted by molar-refractivity contribution is 5.93. The maximum absolute atomic E-state index is 11.1. The van der Waals surface area contributed by atoms with Crippen LogP contribution in [0, 0.1) is 5.41 Å². The highest BCUT2D eigenvalue weighted by Crippen LogP contribution is 2.35. The van der Waals surface area contributed by atoms with E-state index in [0.717, 1.165) is 30.8 Å². The molecule has 0 bridgehead atoms. The number of primary amides is 1. The summed E-state index contributed by atoms with van der Waals surface area (Å²) in [5, 5.41) is 3.86. The average molecular weight is 328 g/mol. The summed E-state index contributed by atoms with van der Waals surface area (Å²) in [7, 11) is 0. The van der Waals surface area contributed by atoms with Crippen LogP contribution in [0.3, 0.4) is 0 Å². The van der Waals surface area contributed by atoms with Gasteiger partial charge in [0.15, 0.2) is 0 Å². The van der Waals surface area contributed by atoms with Gasteiger partial charge in [-0.1, -0.05) is 20.8 Å². The predicted octanol–water partition coefficient (Wildman–Crippen LogP) is 3.88. The topological polar surface area (TPSA) is 74.2 Å². The van der Waals surface area contributed by atoms with Crippen LogP contribution in [0.2, 0.25) is 0 Å². The van der Waals surface area contributed by atoms with Gasteiger partial charge in [0.2, 0.25) is 0 Å². The van der Waals surface area contributed by atoms with E-state index in [0.29, 0.717) is 11.3 Å². The van der Waals surface area contributed by atoms with Crippen molar-refractivity contribution in [1.29, 1.82) is 0 Å². The minimum atomic E-state index is -0.526. The third-order valence-corrected chi connectivity index (χ3v) is 4.71. The van der Waals surface area contributed by atoms with Gasteiger partial charge >= 0.3 is 6.03 Å². The summed E-state index contributed by atoms with van der Waals surface area (Å²) >= 11 is 0. The number of piperidine rings is 1. The molecule has 1 aromatic carbocycles. The molecule has 4 N–H and O–H groups in total. The summed E-state index contributed by atoms with van der Waals surface area (Å²) in [6.07, 6.45) is 4.48. The quantitative estimate of drug-likeness (QED) is 0.800. The maximum atomic E-state index is 11.1. The van der Waals surface area contributed by atoms with Crippen LogP contribution in [0.1, 0.15) is 45.1 Å². The molecule has 2 aromatic rings. The molecule has 130 valence electrons. The molecule has 0 aliphatic carbocycles. The molecule has 1 saturated heterocycles. The van der Waals surface area contributed by atoms with Gasteiger partial charge in [0.25, 0.3) is 0 Å². The number of likely N-dealkylation sites (tertiary alicyclic amines) is 1. The molecule has 0 spiro atoms. The lowest BCUT2D eigenvalue weighted by molar-refractivity contribution is 0.154. The van der Waals surface area contributed by atoms with Crippen molar-refractivity contribution in [3.8, 4) is 0 Å². The second kappa shape index (κ2) is 6.48. The Labute approximate surface area is 143 Å². The first-order valence-corrected chi connectivity index (χ1v) is 8.72. The maximum Gasteiger partial charge on any atom is 0.316 e. The highest BCUT2D eigenvalue weighted by Gasteiger charge is 2.25. The molecule has 0 unspecified atom stereocenters. The second-order valence-electron chi connectivity index (χ2n) is 8.10. The van der Waals surface area contributed by atoms with Crippen LogP contribution in [0.4, 0.5) is 10.5 Å². The lowest BCUT2D eigenvalue weighted by Crippen LogP contribution is -2.38. The van der Waals surface area contributed by atoms with Crippen LogP contribution in [0.15, 0.2) is 24.4 Å². The molecule has 5 nitrogen and oxygen atoms in total. The number of nitrogens with two attached hydrogens (primary N) is 1. The number of carbonyl (C=O) groups is 1. The second-order valence-corrected chi connectivity index (χ2v) is 8.10. The summed E-state index contributed by atoms with van der Waals surface area (Å²) in [6.45, 7) is 10.3. The first-order chi connectivity index (χ1) is 11.3. The summed E-state index contributed by atoms with van der Waals surface area (Å²) < 4.78 is 0. The molecule has 24 heavy (non-hydrogen) atoms. The smallest absolute Gasteiger partial charge is 0.316 e. The average Bonchev–Trinajstić information content (AvgIpc) is 2.89. The Morgan fingerprint density at radius 3 is 2.67 bits per heavy atom. The summed E-state index contributed by atoms with van der Waals surface area (Å²) in [6, 6.07) is 5.37. The summed E-state index contributed by atoms with van der Waals surface area (Å²) in [5.41, 5.74) is 8.79. The van der Waals surface area contributed by atoms with E-state index in [4.69, 9.17) is 5.73 Å². The van der Waals surface area contributed by atoms with Gasteiger partial charge < -0.3 is 20.9 Å². The number of carbonyl (C=O) groups excluding carboxylic acids is 1. The van der Waals surface area contributed by atoms with Gasteiger partial charge in [-0.05, 0) is 61.0 Å². The first kappa shape index (κ1) is 16.8. The van der Waals surface area contributed by atoms with Crippen LogP contribution in [0.25, 0.3) is 10.9 Å².